The smallest absolute Gasteiger partial charge is 0.225 e. The molecule has 3 N–H and O–H groups in total. The van der Waals surface area contributed by atoms with E-state index in [1.54, 1.807) is 6.20 Å². The largest absolute Gasteiger partial charge is 0.399 e. The van der Waals surface area contributed by atoms with Crippen molar-refractivity contribution in [1.29, 1.82) is 0 Å². The highest BCUT2D eigenvalue weighted by Gasteiger charge is 2.16. The number of aromatic nitrogens is 2. The summed E-state index contributed by atoms with van der Waals surface area (Å²) >= 11 is 0. The third kappa shape index (κ3) is 6.64. The van der Waals surface area contributed by atoms with Crippen molar-refractivity contribution in [3.05, 3.63) is 72.1 Å². The molecule has 1 amide bonds. The fraction of sp³-hybridized carbons (Fsp3) is 0.346. The van der Waals surface area contributed by atoms with E-state index in [4.69, 9.17) is 10.7 Å². The van der Waals surface area contributed by atoms with Crippen LogP contribution in [0.25, 0.3) is 11.3 Å². The fourth-order valence-corrected chi connectivity index (χ4v) is 3.70. The van der Waals surface area contributed by atoms with Crippen molar-refractivity contribution >= 4 is 17.4 Å². The molecule has 2 aromatic carbocycles. The van der Waals surface area contributed by atoms with Crippen LogP contribution in [0.2, 0.25) is 0 Å². The first-order valence-electron chi connectivity index (χ1n) is 11.1. The molecule has 0 bridgehead atoms. The van der Waals surface area contributed by atoms with Crippen molar-refractivity contribution in [2.24, 2.45) is 5.92 Å². The second-order valence-electron chi connectivity index (χ2n) is 7.97. The minimum Gasteiger partial charge on any atom is -0.399 e. The minimum atomic E-state index is -0.0387. The Bertz CT molecular complexity index is 970. The lowest BCUT2D eigenvalue weighted by Gasteiger charge is -2.17. The summed E-state index contributed by atoms with van der Waals surface area (Å²) in [4.78, 5) is 22.1. The molecule has 1 heterocycles. The average molecular weight is 417 g/mol. The molecule has 0 fully saturated rings. The quantitative estimate of drug-likeness (QED) is 0.418. The highest BCUT2D eigenvalue weighted by Crippen LogP contribution is 2.25. The van der Waals surface area contributed by atoms with E-state index < -0.39 is 0 Å². The lowest BCUT2D eigenvalue weighted by molar-refractivity contribution is -0.116. The molecule has 5 nitrogen and oxygen atoms in total. The lowest BCUT2D eigenvalue weighted by atomic mass is 9.95. The molecule has 1 aromatic heterocycles. The second-order valence-corrected chi connectivity index (χ2v) is 7.97. The Morgan fingerprint density at radius 2 is 1.81 bits per heavy atom. The Balaban J connectivity index is 1.79. The fourth-order valence-electron chi connectivity index (χ4n) is 3.70. The Labute approximate surface area is 185 Å². The standard InChI is InChI=1S/C26H32N4O/c1-3-8-19(4-2)17-23-26(30-25(31)16-11-20-9-6-5-7-10-20)28-18-24(29-23)21-12-14-22(27)15-13-21/h5-7,9-10,12-15,18-19H,3-4,8,11,16-17,27H2,1-2H3,(H,28,30,31). The molecule has 0 saturated carbocycles. The van der Waals surface area contributed by atoms with Gasteiger partial charge in [0.25, 0.3) is 0 Å². The van der Waals surface area contributed by atoms with Gasteiger partial charge in [-0.1, -0.05) is 75.6 Å². The van der Waals surface area contributed by atoms with Crippen LogP contribution in [0.1, 0.15) is 50.8 Å². The average Bonchev–Trinajstić information content (AvgIpc) is 2.79. The molecule has 0 saturated heterocycles. The predicted octanol–water partition coefficient (Wildman–Crippen LogP) is 5.67. The lowest BCUT2D eigenvalue weighted by Crippen LogP contribution is -2.17. The molecule has 0 aliphatic heterocycles. The first kappa shape index (κ1) is 22.5. The van der Waals surface area contributed by atoms with E-state index >= 15 is 0 Å². The summed E-state index contributed by atoms with van der Waals surface area (Å²) in [5, 5.41) is 3.01. The van der Waals surface area contributed by atoms with Crippen molar-refractivity contribution in [3.8, 4) is 11.3 Å². The number of carbonyl (C=O) groups excluding carboxylic acids is 1. The van der Waals surface area contributed by atoms with E-state index in [-0.39, 0.29) is 5.91 Å². The van der Waals surface area contributed by atoms with E-state index in [1.165, 1.54) is 0 Å². The van der Waals surface area contributed by atoms with E-state index in [9.17, 15) is 4.79 Å². The predicted molar refractivity (Wildman–Crippen MR) is 128 cm³/mol. The van der Waals surface area contributed by atoms with Gasteiger partial charge in [0, 0.05) is 17.7 Å². The van der Waals surface area contributed by atoms with Crippen LogP contribution in [-0.4, -0.2) is 15.9 Å². The first-order chi connectivity index (χ1) is 15.1. The van der Waals surface area contributed by atoms with Gasteiger partial charge in [0.15, 0.2) is 5.82 Å². The molecule has 0 aliphatic carbocycles. The van der Waals surface area contributed by atoms with E-state index in [0.717, 1.165) is 48.2 Å². The Kier molecular flexibility index (Phi) is 8.16. The maximum Gasteiger partial charge on any atom is 0.225 e. The van der Waals surface area contributed by atoms with Crippen LogP contribution in [0.4, 0.5) is 11.5 Å². The van der Waals surface area contributed by atoms with Gasteiger partial charge in [0.1, 0.15) is 0 Å². The molecule has 0 radical (unpaired) electrons. The number of carbonyl (C=O) groups is 1. The Morgan fingerprint density at radius 3 is 2.48 bits per heavy atom. The first-order valence-corrected chi connectivity index (χ1v) is 11.1. The number of nitrogens with one attached hydrogen (secondary N) is 1. The number of hydrogen-bond donors (Lipinski definition) is 2. The maximum absolute atomic E-state index is 12.6. The van der Waals surface area contributed by atoms with E-state index in [1.807, 2.05) is 54.6 Å². The van der Waals surface area contributed by atoms with Crippen LogP contribution in [-0.2, 0) is 17.6 Å². The zero-order chi connectivity index (χ0) is 22.1. The van der Waals surface area contributed by atoms with Gasteiger partial charge in [0.2, 0.25) is 5.91 Å². The highest BCUT2D eigenvalue weighted by atomic mass is 16.1. The van der Waals surface area contributed by atoms with Gasteiger partial charge in [-0.3, -0.25) is 4.79 Å². The van der Waals surface area contributed by atoms with Crippen LogP contribution >= 0.6 is 0 Å². The molecule has 3 rings (SSSR count). The number of nitrogens with two attached hydrogens (primary N) is 1. The Morgan fingerprint density at radius 1 is 1.06 bits per heavy atom. The van der Waals surface area contributed by atoms with Crippen molar-refractivity contribution in [2.45, 2.75) is 52.4 Å². The Hall–Kier alpha value is -3.21. The molecule has 1 atom stereocenters. The number of aryl methyl sites for hydroxylation is 1. The monoisotopic (exact) mass is 416 g/mol. The SMILES string of the molecule is CCCC(CC)Cc1nc(-c2ccc(N)cc2)cnc1NC(=O)CCc1ccccc1. The molecular formula is C26H32N4O. The molecule has 31 heavy (non-hydrogen) atoms. The zero-order valence-corrected chi connectivity index (χ0v) is 18.5. The van der Waals surface area contributed by atoms with E-state index in [0.29, 0.717) is 30.3 Å². The van der Waals surface area contributed by atoms with Crippen molar-refractivity contribution < 1.29 is 4.79 Å². The summed E-state index contributed by atoms with van der Waals surface area (Å²) in [5.41, 5.74) is 10.3. The number of hydrogen-bond acceptors (Lipinski definition) is 4. The number of rotatable bonds is 10. The summed E-state index contributed by atoms with van der Waals surface area (Å²) in [6.07, 6.45) is 6.97. The zero-order valence-electron chi connectivity index (χ0n) is 18.5. The van der Waals surface area contributed by atoms with Gasteiger partial charge < -0.3 is 11.1 Å². The second kappa shape index (κ2) is 11.3. The normalized spacial score (nSPS) is 11.8. The van der Waals surface area contributed by atoms with Gasteiger partial charge in [-0.15, -0.1) is 0 Å². The van der Waals surface area contributed by atoms with Crippen LogP contribution in [0.3, 0.4) is 0 Å². The van der Waals surface area contributed by atoms with Crippen LogP contribution < -0.4 is 11.1 Å². The van der Waals surface area contributed by atoms with Gasteiger partial charge in [0.05, 0.1) is 17.6 Å². The highest BCUT2D eigenvalue weighted by molar-refractivity contribution is 5.90. The number of benzene rings is 2. The summed E-state index contributed by atoms with van der Waals surface area (Å²) in [7, 11) is 0. The van der Waals surface area contributed by atoms with Gasteiger partial charge in [-0.05, 0) is 36.5 Å². The molecule has 3 aromatic rings. The maximum atomic E-state index is 12.6. The van der Waals surface area contributed by atoms with Crippen LogP contribution in [0.5, 0.6) is 0 Å². The topological polar surface area (TPSA) is 80.9 Å². The molecule has 1 unspecified atom stereocenters. The summed E-state index contributed by atoms with van der Waals surface area (Å²) in [5.74, 6) is 1.05. The molecule has 0 aliphatic rings. The number of nitrogens with zero attached hydrogens (tertiary/aromatic N) is 2. The summed E-state index contributed by atoms with van der Waals surface area (Å²) in [6, 6.07) is 17.7. The third-order valence-electron chi connectivity index (χ3n) is 5.55. The molecule has 5 heteroatoms. The summed E-state index contributed by atoms with van der Waals surface area (Å²) in [6.45, 7) is 4.40. The number of amides is 1. The number of anilines is 2. The van der Waals surface area contributed by atoms with E-state index in [2.05, 4.69) is 24.1 Å². The van der Waals surface area contributed by atoms with Crippen LogP contribution in [0, 0.1) is 5.92 Å². The van der Waals surface area contributed by atoms with Gasteiger partial charge in [-0.2, -0.15) is 0 Å². The minimum absolute atomic E-state index is 0.0387. The van der Waals surface area contributed by atoms with Crippen LogP contribution in [0.15, 0.2) is 60.8 Å². The van der Waals surface area contributed by atoms with Gasteiger partial charge >= 0.3 is 0 Å². The molecular weight excluding hydrogens is 384 g/mol. The van der Waals surface area contributed by atoms with Crippen molar-refractivity contribution in [1.82, 2.24) is 9.97 Å². The van der Waals surface area contributed by atoms with Gasteiger partial charge in [-0.25, -0.2) is 9.97 Å². The third-order valence-corrected chi connectivity index (χ3v) is 5.55. The summed E-state index contributed by atoms with van der Waals surface area (Å²) < 4.78 is 0. The molecule has 0 spiro atoms. The van der Waals surface area contributed by atoms with Crippen molar-refractivity contribution in [2.75, 3.05) is 11.1 Å². The molecule has 162 valence electrons. The number of nitrogen functional groups attached to an aromatic ring is 1. The van der Waals surface area contributed by atoms with Crippen molar-refractivity contribution in [3.63, 3.8) is 0 Å².